The summed E-state index contributed by atoms with van der Waals surface area (Å²) in [4.78, 5) is 18.5. The summed E-state index contributed by atoms with van der Waals surface area (Å²) in [5.41, 5.74) is 0.971. The van der Waals surface area contributed by atoms with Crippen LogP contribution in [0.3, 0.4) is 0 Å². The van der Waals surface area contributed by atoms with Gasteiger partial charge >= 0.3 is 6.18 Å². The minimum Gasteiger partial charge on any atom is -0.356 e. The molecule has 0 bridgehead atoms. The van der Waals surface area contributed by atoms with Crippen LogP contribution in [0.15, 0.2) is 29.6 Å². The number of nitrogens with one attached hydrogen (secondary N) is 1. The maximum absolute atomic E-state index is 12.7. The predicted octanol–water partition coefficient (Wildman–Crippen LogP) is 4.18. The van der Waals surface area contributed by atoms with Gasteiger partial charge in [0.15, 0.2) is 0 Å². The molecule has 1 aliphatic carbocycles. The highest BCUT2D eigenvalue weighted by molar-refractivity contribution is 7.13. The van der Waals surface area contributed by atoms with E-state index in [1.165, 1.54) is 23.5 Å². The number of amides is 1. The first-order valence-electron chi connectivity index (χ1n) is 9.38. The summed E-state index contributed by atoms with van der Waals surface area (Å²) in [5, 5.41) is 5.66. The molecule has 1 aromatic heterocycles. The number of alkyl halides is 3. The molecule has 2 fully saturated rings. The summed E-state index contributed by atoms with van der Waals surface area (Å²) >= 11 is 1.45. The minimum absolute atomic E-state index is 0.158. The zero-order chi connectivity index (χ0) is 19.9. The average molecular weight is 409 g/mol. The number of hydrogen-bond acceptors (Lipinski definition) is 4. The maximum Gasteiger partial charge on any atom is 0.416 e. The second-order valence-corrected chi connectivity index (χ2v) is 8.65. The molecular formula is C20H22F3N3OS. The van der Waals surface area contributed by atoms with E-state index in [4.69, 9.17) is 0 Å². The SMILES string of the molecule is CN(Cc1csc(-c2ccc(C(F)(F)F)cc2)n1)[C@H]1C[C@H]2CNC(=O)C[C@H]2C1. The van der Waals surface area contributed by atoms with Gasteiger partial charge < -0.3 is 5.32 Å². The first kappa shape index (κ1) is 19.4. The van der Waals surface area contributed by atoms with E-state index in [9.17, 15) is 18.0 Å². The van der Waals surface area contributed by atoms with Crippen LogP contribution < -0.4 is 5.32 Å². The number of piperidine rings is 1. The highest BCUT2D eigenvalue weighted by Gasteiger charge is 2.39. The average Bonchev–Trinajstić information content (AvgIpc) is 3.27. The molecule has 1 amide bonds. The van der Waals surface area contributed by atoms with E-state index in [1.54, 1.807) is 0 Å². The third kappa shape index (κ3) is 4.07. The topological polar surface area (TPSA) is 45.2 Å². The minimum atomic E-state index is -4.33. The lowest BCUT2D eigenvalue weighted by Crippen LogP contribution is -2.38. The van der Waals surface area contributed by atoms with Gasteiger partial charge in [0.2, 0.25) is 5.91 Å². The van der Waals surface area contributed by atoms with Crippen molar-refractivity contribution in [1.29, 1.82) is 0 Å². The molecule has 2 aromatic rings. The molecule has 3 atom stereocenters. The van der Waals surface area contributed by atoms with Crippen molar-refractivity contribution >= 4 is 17.2 Å². The van der Waals surface area contributed by atoms with E-state index in [0.717, 1.165) is 42.2 Å². The smallest absolute Gasteiger partial charge is 0.356 e. The number of nitrogens with zero attached hydrogens (tertiary/aromatic N) is 2. The molecule has 2 aliphatic rings. The molecule has 1 saturated heterocycles. The molecule has 0 unspecified atom stereocenters. The molecule has 1 N–H and O–H groups in total. The van der Waals surface area contributed by atoms with E-state index in [2.05, 4.69) is 22.2 Å². The van der Waals surface area contributed by atoms with Crippen LogP contribution in [0.4, 0.5) is 13.2 Å². The lowest BCUT2D eigenvalue weighted by Gasteiger charge is -2.24. The highest BCUT2D eigenvalue weighted by atomic mass is 32.1. The number of halogens is 3. The Morgan fingerprint density at radius 2 is 1.93 bits per heavy atom. The number of carbonyl (C=O) groups is 1. The van der Waals surface area contributed by atoms with E-state index < -0.39 is 11.7 Å². The molecule has 0 radical (unpaired) electrons. The fourth-order valence-corrected chi connectivity index (χ4v) is 5.11. The molecule has 2 heterocycles. The summed E-state index contributed by atoms with van der Waals surface area (Å²) in [7, 11) is 2.08. The summed E-state index contributed by atoms with van der Waals surface area (Å²) in [6, 6.07) is 5.57. The Labute approximate surface area is 165 Å². The van der Waals surface area contributed by atoms with Gasteiger partial charge in [-0.25, -0.2) is 4.98 Å². The van der Waals surface area contributed by atoms with Gasteiger partial charge in [-0.05, 0) is 43.9 Å². The third-order valence-electron chi connectivity index (χ3n) is 5.87. The lowest BCUT2D eigenvalue weighted by atomic mass is 9.89. The lowest BCUT2D eigenvalue weighted by molar-refractivity contribution is -0.137. The molecule has 28 heavy (non-hydrogen) atoms. The van der Waals surface area contributed by atoms with Crippen molar-refractivity contribution in [3.8, 4) is 10.6 Å². The van der Waals surface area contributed by atoms with Gasteiger partial charge in [0.1, 0.15) is 5.01 Å². The van der Waals surface area contributed by atoms with Crippen LogP contribution in [0.2, 0.25) is 0 Å². The summed E-state index contributed by atoms with van der Waals surface area (Å²) in [5.74, 6) is 1.19. The fraction of sp³-hybridized carbons (Fsp3) is 0.500. The predicted molar refractivity (Wildman–Crippen MR) is 102 cm³/mol. The largest absolute Gasteiger partial charge is 0.416 e. The van der Waals surface area contributed by atoms with Crippen LogP contribution >= 0.6 is 11.3 Å². The van der Waals surface area contributed by atoms with Crippen LogP contribution in [-0.4, -0.2) is 35.4 Å². The summed E-state index contributed by atoms with van der Waals surface area (Å²) < 4.78 is 38.1. The first-order valence-corrected chi connectivity index (χ1v) is 10.3. The molecular weight excluding hydrogens is 387 g/mol. The van der Waals surface area contributed by atoms with E-state index in [1.807, 2.05) is 5.38 Å². The Hall–Kier alpha value is -1.93. The Bertz CT molecular complexity index is 849. The van der Waals surface area contributed by atoms with E-state index >= 15 is 0 Å². The number of hydrogen-bond donors (Lipinski definition) is 1. The van der Waals surface area contributed by atoms with Gasteiger partial charge in [0, 0.05) is 36.5 Å². The quantitative estimate of drug-likeness (QED) is 0.824. The molecule has 1 saturated carbocycles. The molecule has 4 nitrogen and oxygen atoms in total. The van der Waals surface area contributed by atoms with Crippen molar-refractivity contribution in [2.75, 3.05) is 13.6 Å². The van der Waals surface area contributed by atoms with Crippen LogP contribution in [0.5, 0.6) is 0 Å². The van der Waals surface area contributed by atoms with Crippen LogP contribution in [0.1, 0.15) is 30.5 Å². The zero-order valence-corrected chi connectivity index (χ0v) is 16.3. The Balaban J connectivity index is 1.39. The van der Waals surface area contributed by atoms with Gasteiger partial charge in [-0.1, -0.05) is 12.1 Å². The van der Waals surface area contributed by atoms with Gasteiger partial charge in [-0.2, -0.15) is 13.2 Å². The van der Waals surface area contributed by atoms with Gasteiger partial charge in [-0.15, -0.1) is 11.3 Å². The maximum atomic E-state index is 12.7. The molecule has 4 rings (SSSR count). The summed E-state index contributed by atoms with van der Waals surface area (Å²) in [6.07, 6.45) is -1.58. The molecule has 1 aliphatic heterocycles. The van der Waals surface area contributed by atoms with Crippen LogP contribution in [-0.2, 0) is 17.5 Å². The molecule has 150 valence electrons. The normalized spacial score (nSPS) is 25.0. The Kier molecular flexibility index (Phi) is 5.18. The second-order valence-electron chi connectivity index (χ2n) is 7.79. The van der Waals surface area contributed by atoms with Crippen molar-refractivity contribution in [2.45, 2.75) is 38.0 Å². The van der Waals surface area contributed by atoms with Crippen molar-refractivity contribution in [2.24, 2.45) is 11.8 Å². The monoisotopic (exact) mass is 409 g/mol. The zero-order valence-electron chi connectivity index (χ0n) is 15.5. The number of carbonyl (C=O) groups excluding carboxylic acids is 1. The third-order valence-corrected chi connectivity index (χ3v) is 6.81. The molecule has 8 heteroatoms. The second kappa shape index (κ2) is 7.48. The van der Waals surface area contributed by atoms with Crippen molar-refractivity contribution in [3.63, 3.8) is 0 Å². The molecule has 1 aromatic carbocycles. The van der Waals surface area contributed by atoms with Crippen LogP contribution in [0.25, 0.3) is 10.6 Å². The number of rotatable bonds is 4. The Morgan fingerprint density at radius 1 is 1.21 bits per heavy atom. The number of benzene rings is 1. The first-order chi connectivity index (χ1) is 13.3. The van der Waals surface area contributed by atoms with Crippen molar-refractivity contribution in [3.05, 3.63) is 40.9 Å². The highest BCUT2D eigenvalue weighted by Crippen LogP contribution is 2.38. The van der Waals surface area contributed by atoms with Crippen molar-refractivity contribution < 1.29 is 18.0 Å². The van der Waals surface area contributed by atoms with Gasteiger partial charge in [-0.3, -0.25) is 9.69 Å². The number of fused-ring (bicyclic) bond motifs is 1. The summed E-state index contributed by atoms with van der Waals surface area (Å²) in [6.45, 7) is 1.48. The molecule has 0 spiro atoms. The van der Waals surface area contributed by atoms with Gasteiger partial charge in [0.05, 0.1) is 11.3 Å². The fourth-order valence-electron chi connectivity index (χ4n) is 4.29. The standard InChI is InChI=1S/C20H22F3N3OS/c1-26(17-6-13-8-18(27)24-9-14(13)7-17)10-16-11-28-19(25-16)12-2-4-15(5-3-12)20(21,22)23/h2-5,11,13-14,17H,6-10H2,1H3,(H,24,27)/t13-,14+,17-/m1/s1. The Morgan fingerprint density at radius 3 is 2.64 bits per heavy atom. The number of aromatic nitrogens is 1. The van der Waals surface area contributed by atoms with E-state index in [0.29, 0.717) is 36.4 Å². The van der Waals surface area contributed by atoms with E-state index in [-0.39, 0.29) is 5.91 Å². The van der Waals surface area contributed by atoms with Gasteiger partial charge in [0.25, 0.3) is 0 Å². The van der Waals surface area contributed by atoms with Crippen molar-refractivity contribution in [1.82, 2.24) is 15.2 Å². The number of thiazole rings is 1. The van der Waals surface area contributed by atoms with Crippen LogP contribution in [0, 0.1) is 11.8 Å².